The van der Waals surface area contributed by atoms with Crippen LogP contribution in [0.3, 0.4) is 0 Å². The van der Waals surface area contributed by atoms with Gasteiger partial charge in [0.2, 0.25) is 0 Å². The number of nitrogens with one attached hydrogen (secondary N) is 1. The summed E-state index contributed by atoms with van der Waals surface area (Å²) in [7, 11) is 6.94. The third-order valence-electron chi connectivity index (χ3n) is 7.31. The molecule has 41 heavy (non-hydrogen) atoms. The van der Waals surface area contributed by atoms with Gasteiger partial charge in [0, 0.05) is 34.2 Å². The highest BCUT2D eigenvalue weighted by Crippen LogP contribution is 2.30. The Labute approximate surface area is 242 Å². The minimum atomic E-state index is -0.341. The second-order valence-electron chi connectivity index (χ2n) is 10.7. The molecule has 0 bridgehead atoms. The summed E-state index contributed by atoms with van der Waals surface area (Å²) in [4.78, 5) is 38.8. The van der Waals surface area contributed by atoms with Gasteiger partial charge in [-0.25, -0.2) is 20.9 Å². The molecular formula is C27H34ClN11O2. The molecule has 13 nitrogen and oxygen atoms in total. The summed E-state index contributed by atoms with van der Waals surface area (Å²) >= 11 is 6.24. The van der Waals surface area contributed by atoms with Crippen molar-refractivity contribution >= 4 is 45.6 Å². The van der Waals surface area contributed by atoms with Crippen molar-refractivity contribution in [2.45, 2.75) is 25.9 Å². The second-order valence-corrected chi connectivity index (χ2v) is 11.1. The molecule has 1 aromatic carbocycles. The van der Waals surface area contributed by atoms with Crippen molar-refractivity contribution in [3.05, 3.63) is 68.6 Å². The lowest BCUT2D eigenvalue weighted by Crippen LogP contribution is -2.58. The lowest BCUT2D eigenvalue weighted by molar-refractivity contribution is 0.0543. The number of imidazole rings is 1. The first-order chi connectivity index (χ1) is 19.4. The van der Waals surface area contributed by atoms with Crippen LogP contribution < -0.4 is 22.5 Å². The van der Waals surface area contributed by atoms with E-state index >= 15 is 0 Å². The van der Waals surface area contributed by atoms with Crippen LogP contribution in [0.1, 0.15) is 40.3 Å². The molecule has 0 spiro atoms. The van der Waals surface area contributed by atoms with Gasteiger partial charge in [-0.15, -0.1) is 5.10 Å². The van der Waals surface area contributed by atoms with E-state index in [9.17, 15) is 9.59 Å². The number of hydrazone groups is 1. The van der Waals surface area contributed by atoms with E-state index < -0.39 is 0 Å². The summed E-state index contributed by atoms with van der Waals surface area (Å²) in [6.45, 7) is 5.46. The normalized spacial score (nSPS) is 15.3. The summed E-state index contributed by atoms with van der Waals surface area (Å²) in [5.74, 6) is 5.97. The zero-order valence-corrected chi connectivity index (χ0v) is 24.6. The highest BCUT2D eigenvalue weighted by atomic mass is 35.5. The van der Waals surface area contributed by atoms with Crippen LogP contribution >= 0.6 is 11.6 Å². The monoisotopic (exact) mass is 579 g/mol. The molecule has 1 amide bonds. The number of nitrogens with zero attached hydrogens (tertiary/aromatic N) is 8. The van der Waals surface area contributed by atoms with Crippen molar-refractivity contribution < 1.29 is 4.79 Å². The number of amidine groups is 1. The van der Waals surface area contributed by atoms with Gasteiger partial charge in [0.25, 0.3) is 11.5 Å². The van der Waals surface area contributed by atoms with Crippen LogP contribution in [0, 0.1) is 6.92 Å². The molecule has 1 atom stereocenters. The van der Waals surface area contributed by atoms with E-state index in [-0.39, 0.29) is 40.2 Å². The maximum atomic E-state index is 13.6. The first kappa shape index (κ1) is 28.3. The number of aryl methyl sites for hydroxylation is 2. The number of anilines is 1. The largest absolute Gasteiger partial charge is 0.380 e. The molecular weight excluding hydrogens is 546 g/mol. The fraction of sp³-hybridized carbons (Fsp3) is 0.370. The lowest BCUT2D eigenvalue weighted by atomic mass is 10.0. The lowest BCUT2D eigenvalue weighted by Gasteiger charge is -2.39. The van der Waals surface area contributed by atoms with Gasteiger partial charge < -0.3 is 20.9 Å². The number of hydrogen-bond acceptors (Lipinski definition) is 9. The number of pyridine rings is 1. The molecule has 3 aromatic heterocycles. The zero-order chi connectivity index (χ0) is 29.7. The number of fused-ring (bicyclic) bond motifs is 3. The van der Waals surface area contributed by atoms with E-state index in [0.29, 0.717) is 27.9 Å². The Kier molecular flexibility index (Phi) is 7.36. The molecule has 1 aliphatic heterocycles. The fourth-order valence-corrected chi connectivity index (χ4v) is 5.33. The van der Waals surface area contributed by atoms with Crippen LogP contribution in [0.4, 0.5) is 5.69 Å². The molecule has 1 aliphatic rings. The van der Waals surface area contributed by atoms with Crippen molar-refractivity contribution in [2.24, 2.45) is 23.7 Å². The van der Waals surface area contributed by atoms with Crippen molar-refractivity contribution in [3.63, 3.8) is 0 Å². The van der Waals surface area contributed by atoms with Crippen molar-refractivity contribution in [3.8, 4) is 0 Å². The minimum Gasteiger partial charge on any atom is -0.380 e. The minimum absolute atomic E-state index is 0.0520. The third-order valence-corrected chi connectivity index (χ3v) is 7.52. The zero-order valence-electron chi connectivity index (χ0n) is 23.9. The van der Waals surface area contributed by atoms with Gasteiger partial charge in [-0.2, -0.15) is 0 Å². The molecule has 1 fully saturated rings. The molecule has 4 heterocycles. The Morgan fingerprint density at radius 1 is 1.22 bits per heavy atom. The van der Waals surface area contributed by atoms with E-state index in [0.717, 1.165) is 24.2 Å². The Balaban J connectivity index is 1.61. The van der Waals surface area contributed by atoms with Crippen LogP contribution in [0.2, 0.25) is 5.15 Å². The number of likely N-dealkylation sites (tertiary alicyclic amines) is 1. The molecule has 1 saturated heterocycles. The number of nitrogens with two attached hydrogens (primary N) is 2. The van der Waals surface area contributed by atoms with Gasteiger partial charge >= 0.3 is 0 Å². The molecule has 0 saturated carbocycles. The predicted molar refractivity (Wildman–Crippen MR) is 160 cm³/mol. The van der Waals surface area contributed by atoms with Gasteiger partial charge in [0.05, 0.1) is 28.7 Å². The molecule has 5 N–H and O–H groups in total. The van der Waals surface area contributed by atoms with Crippen molar-refractivity contribution in [2.75, 3.05) is 39.5 Å². The van der Waals surface area contributed by atoms with Crippen molar-refractivity contribution in [1.29, 1.82) is 0 Å². The number of likely N-dealkylation sites (N-methyl/N-ethyl adjacent to an activating group) is 1. The SMILES string of the molecule is Cc1cc(C(C)Nc2ccc(Cl)nc2/C(N)=N/N(N)C2CN(C)C2)c2c(c1)c(=O)n(C)c1c(C(=O)N(C)C)ncn21. The molecule has 0 aliphatic carbocycles. The van der Waals surface area contributed by atoms with Gasteiger partial charge in [-0.3, -0.25) is 18.6 Å². The summed E-state index contributed by atoms with van der Waals surface area (Å²) in [6.07, 6.45) is 1.58. The van der Waals surface area contributed by atoms with Gasteiger partial charge in [0.1, 0.15) is 17.2 Å². The van der Waals surface area contributed by atoms with Gasteiger partial charge in [-0.1, -0.05) is 17.7 Å². The molecule has 14 heteroatoms. The fourth-order valence-electron chi connectivity index (χ4n) is 5.18. The van der Waals surface area contributed by atoms with Crippen LogP contribution in [0.25, 0.3) is 16.6 Å². The molecule has 4 aromatic rings. The molecule has 0 radical (unpaired) electrons. The number of hydrogen-bond donors (Lipinski definition) is 3. The van der Waals surface area contributed by atoms with Crippen LogP contribution in [0.5, 0.6) is 0 Å². The average Bonchev–Trinajstić information content (AvgIpc) is 3.34. The quantitative estimate of drug-likeness (QED) is 0.0971. The van der Waals surface area contributed by atoms with E-state index in [2.05, 4.69) is 25.3 Å². The summed E-state index contributed by atoms with van der Waals surface area (Å²) < 4.78 is 3.25. The molecule has 216 valence electrons. The standard InChI is InChI=1S/C27H34ClN11O2/c1-14-9-17(23-18(10-14)26(40)37(6)25-22(27(41)35(3)4)31-13-38(23)25)15(2)32-19-7-8-20(28)33-21(19)24(29)34-39(30)16-11-36(5)12-16/h7-10,13,15-16,32H,11-12,30H2,1-6H3,(H2,29,34). The maximum Gasteiger partial charge on any atom is 0.275 e. The predicted octanol–water partition coefficient (Wildman–Crippen LogP) is 1.53. The Bertz CT molecular complexity index is 1750. The topological polar surface area (TPSA) is 155 Å². The number of carbonyl (C=O) groups is 1. The number of hydrazine groups is 1. The van der Waals surface area contributed by atoms with E-state index in [4.69, 9.17) is 23.2 Å². The number of rotatable bonds is 7. The number of benzene rings is 1. The Morgan fingerprint density at radius 2 is 1.93 bits per heavy atom. The number of halogens is 1. The maximum absolute atomic E-state index is 13.6. The van der Waals surface area contributed by atoms with E-state index in [1.165, 1.54) is 14.6 Å². The summed E-state index contributed by atoms with van der Waals surface area (Å²) in [5.41, 5.74) is 10.1. The smallest absolute Gasteiger partial charge is 0.275 e. The first-order valence-electron chi connectivity index (χ1n) is 13.1. The summed E-state index contributed by atoms with van der Waals surface area (Å²) in [6, 6.07) is 6.99. The average molecular weight is 580 g/mol. The molecule has 5 rings (SSSR count). The van der Waals surface area contributed by atoms with Crippen LogP contribution in [-0.2, 0) is 7.05 Å². The van der Waals surface area contributed by atoms with E-state index in [1.54, 1.807) is 44.0 Å². The number of amides is 1. The van der Waals surface area contributed by atoms with Gasteiger partial charge in [0.15, 0.2) is 17.2 Å². The third kappa shape index (κ3) is 5.07. The van der Waals surface area contributed by atoms with Crippen LogP contribution in [0.15, 0.2) is 40.5 Å². The Hall–Kier alpha value is -4.20. The summed E-state index contributed by atoms with van der Waals surface area (Å²) in [5, 5.41) is 9.96. The van der Waals surface area contributed by atoms with E-state index in [1.807, 2.05) is 33.0 Å². The highest BCUT2D eigenvalue weighted by molar-refractivity contribution is 6.29. The first-order valence-corrected chi connectivity index (χ1v) is 13.5. The molecule has 1 unspecified atom stereocenters. The van der Waals surface area contributed by atoms with Crippen molar-refractivity contribution in [1.82, 2.24) is 33.9 Å². The second kappa shape index (κ2) is 10.7. The Morgan fingerprint density at radius 3 is 2.59 bits per heavy atom. The number of aromatic nitrogens is 4. The highest BCUT2D eigenvalue weighted by Gasteiger charge is 2.28. The van der Waals surface area contributed by atoms with Gasteiger partial charge in [-0.05, 0) is 50.2 Å². The van der Waals surface area contributed by atoms with Crippen LogP contribution in [-0.4, -0.2) is 85.9 Å². The number of carbonyl (C=O) groups excluding carboxylic acids is 1.